The summed E-state index contributed by atoms with van der Waals surface area (Å²) < 4.78 is 7.28. The minimum Gasteiger partial charge on any atom is -0.377 e. The molecular weight excluding hydrogens is 338 g/mol. The molecule has 2 unspecified atom stereocenters. The van der Waals surface area contributed by atoms with Gasteiger partial charge in [0, 0.05) is 12.0 Å². The van der Waals surface area contributed by atoms with E-state index in [1.165, 1.54) is 12.8 Å². The van der Waals surface area contributed by atoms with Crippen molar-refractivity contribution in [1.29, 1.82) is 0 Å². The molecule has 0 amide bonds. The maximum absolute atomic E-state index is 12.6. The van der Waals surface area contributed by atoms with E-state index in [4.69, 9.17) is 4.74 Å². The molecule has 5 rings (SSSR count). The molecule has 8 heteroatoms. The largest absolute Gasteiger partial charge is 0.377 e. The maximum Gasteiger partial charge on any atom is 0.267 e. The molecule has 1 N–H and O–H groups in total. The Balaban J connectivity index is 1.39. The second-order valence-electron chi connectivity index (χ2n) is 7.18. The minimum absolute atomic E-state index is 0.00755. The number of aromatic nitrogens is 4. The zero-order valence-electron chi connectivity index (χ0n) is 14.0. The molecule has 0 spiro atoms. The fourth-order valence-electron chi connectivity index (χ4n) is 3.68. The Labute approximate surface area is 149 Å². The highest BCUT2D eigenvalue weighted by atomic mass is 32.1. The average molecular weight is 359 g/mol. The van der Waals surface area contributed by atoms with Gasteiger partial charge in [-0.15, -0.1) is 10.2 Å². The van der Waals surface area contributed by atoms with Gasteiger partial charge in [-0.2, -0.15) is 5.10 Å². The van der Waals surface area contributed by atoms with Gasteiger partial charge in [0.25, 0.3) is 5.56 Å². The lowest BCUT2D eigenvalue weighted by molar-refractivity contribution is 0.182. The zero-order chi connectivity index (χ0) is 16.8. The summed E-state index contributed by atoms with van der Waals surface area (Å²) in [6.45, 7) is 1.05. The summed E-state index contributed by atoms with van der Waals surface area (Å²) in [6.07, 6.45) is 6.67. The smallest absolute Gasteiger partial charge is 0.267 e. The SMILES string of the molecule is O=c1cc2c(nn1C1COCC1Nc1nnc(C3CC3)s1)CCCC2. The van der Waals surface area contributed by atoms with E-state index in [1.807, 2.05) is 0 Å². The van der Waals surface area contributed by atoms with Crippen LogP contribution in [0.2, 0.25) is 0 Å². The third-order valence-corrected chi connectivity index (χ3v) is 6.29. The van der Waals surface area contributed by atoms with Crippen LogP contribution >= 0.6 is 11.3 Å². The molecule has 3 aliphatic rings. The number of aryl methyl sites for hydroxylation is 2. The summed E-state index contributed by atoms with van der Waals surface area (Å²) in [5.74, 6) is 0.605. The van der Waals surface area contributed by atoms with Crippen molar-refractivity contribution >= 4 is 16.5 Å². The van der Waals surface area contributed by atoms with Crippen molar-refractivity contribution in [2.45, 2.75) is 56.5 Å². The van der Waals surface area contributed by atoms with Crippen molar-refractivity contribution in [1.82, 2.24) is 20.0 Å². The Morgan fingerprint density at radius 3 is 2.96 bits per heavy atom. The summed E-state index contributed by atoms with van der Waals surface area (Å²) in [4.78, 5) is 12.6. The molecule has 2 aliphatic carbocycles. The third-order valence-electron chi connectivity index (χ3n) is 5.27. The van der Waals surface area contributed by atoms with E-state index in [0.717, 1.165) is 47.1 Å². The summed E-state index contributed by atoms with van der Waals surface area (Å²) in [5, 5.41) is 18.6. The Kier molecular flexibility index (Phi) is 3.82. The lowest BCUT2D eigenvalue weighted by Gasteiger charge is -2.22. The lowest BCUT2D eigenvalue weighted by atomic mass is 9.97. The van der Waals surface area contributed by atoms with Crippen molar-refractivity contribution in [2.24, 2.45) is 0 Å². The molecule has 2 aromatic heterocycles. The summed E-state index contributed by atoms with van der Waals surface area (Å²) in [6, 6.07) is 1.66. The van der Waals surface area contributed by atoms with E-state index in [9.17, 15) is 4.79 Å². The van der Waals surface area contributed by atoms with Gasteiger partial charge in [0.15, 0.2) is 0 Å². The molecule has 1 aliphatic heterocycles. The van der Waals surface area contributed by atoms with Gasteiger partial charge >= 0.3 is 0 Å². The quantitative estimate of drug-likeness (QED) is 0.898. The first-order valence-corrected chi connectivity index (χ1v) is 9.89. The van der Waals surface area contributed by atoms with Gasteiger partial charge in [-0.1, -0.05) is 11.3 Å². The fraction of sp³-hybridized carbons (Fsp3) is 0.647. The topological polar surface area (TPSA) is 81.9 Å². The van der Waals surface area contributed by atoms with Crippen LogP contribution in [0.3, 0.4) is 0 Å². The second-order valence-corrected chi connectivity index (χ2v) is 8.19. The first kappa shape index (κ1) is 15.5. The molecule has 1 saturated heterocycles. The average Bonchev–Trinajstić information content (AvgIpc) is 3.20. The molecule has 0 bridgehead atoms. The number of nitrogens with zero attached hydrogens (tertiary/aromatic N) is 4. The Bertz CT molecular complexity index is 844. The predicted molar refractivity (Wildman–Crippen MR) is 94.3 cm³/mol. The fourth-order valence-corrected chi connectivity index (χ4v) is 4.66. The van der Waals surface area contributed by atoms with Crippen LogP contribution in [0.1, 0.15) is 53.9 Å². The van der Waals surface area contributed by atoms with Gasteiger partial charge in [0.1, 0.15) is 11.0 Å². The molecule has 2 aromatic rings. The highest BCUT2D eigenvalue weighted by Crippen LogP contribution is 2.42. The molecule has 0 aromatic carbocycles. The van der Waals surface area contributed by atoms with Gasteiger partial charge in [-0.05, 0) is 44.1 Å². The number of anilines is 1. The van der Waals surface area contributed by atoms with Gasteiger partial charge < -0.3 is 10.1 Å². The van der Waals surface area contributed by atoms with E-state index >= 15 is 0 Å². The highest BCUT2D eigenvalue weighted by molar-refractivity contribution is 7.15. The van der Waals surface area contributed by atoms with Crippen LogP contribution in [0.15, 0.2) is 10.9 Å². The normalized spacial score (nSPS) is 25.8. The Morgan fingerprint density at radius 2 is 2.08 bits per heavy atom. The maximum atomic E-state index is 12.6. The highest BCUT2D eigenvalue weighted by Gasteiger charge is 2.34. The summed E-state index contributed by atoms with van der Waals surface area (Å²) in [7, 11) is 0. The van der Waals surface area contributed by atoms with Crippen molar-refractivity contribution < 1.29 is 4.74 Å². The van der Waals surface area contributed by atoms with Crippen LogP contribution in [-0.2, 0) is 17.6 Å². The number of rotatable bonds is 4. The van der Waals surface area contributed by atoms with Gasteiger partial charge in [-0.25, -0.2) is 4.68 Å². The molecule has 25 heavy (non-hydrogen) atoms. The van der Waals surface area contributed by atoms with Crippen molar-refractivity contribution in [2.75, 3.05) is 18.5 Å². The lowest BCUT2D eigenvalue weighted by Crippen LogP contribution is -2.38. The summed E-state index contributed by atoms with van der Waals surface area (Å²) in [5.41, 5.74) is 2.16. The molecule has 3 heterocycles. The molecule has 2 atom stereocenters. The number of ether oxygens (including phenoxy) is 1. The second kappa shape index (κ2) is 6.17. The molecule has 2 fully saturated rings. The minimum atomic E-state index is -0.104. The Hall–Kier alpha value is -1.80. The third kappa shape index (κ3) is 2.97. The first-order chi connectivity index (χ1) is 12.3. The van der Waals surface area contributed by atoms with Gasteiger partial charge in [-0.3, -0.25) is 4.79 Å². The van der Waals surface area contributed by atoms with Crippen molar-refractivity contribution in [3.8, 4) is 0 Å². The van der Waals surface area contributed by atoms with Crippen LogP contribution < -0.4 is 10.9 Å². The van der Waals surface area contributed by atoms with Crippen LogP contribution in [0, 0.1) is 0 Å². The summed E-state index contributed by atoms with van der Waals surface area (Å²) >= 11 is 1.62. The number of fused-ring (bicyclic) bond motifs is 1. The van der Waals surface area contributed by atoms with E-state index in [2.05, 4.69) is 20.6 Å². The molecular formula is C17H21N5O2S. The van der Waals surface area contributed by atoms with E-state index in [-0.39, 0.29) is 17.6 Å². The van der Waals surface area contributed by atoms with Gasteiger partial charge in [0.2, 0.25) is 5.13 Å². The van der Waals surface area contributed by atoms with Crippen molar-refractivity contribution in [3.05, 3.63) is 32.7 Å². The van der Waals surface area contributed by atoms with E-state index < -0.39 is 0 Å². The Morgan fingerprint density at radius 1 is 1.20 bits per heavy atom. The van der Waals surface area contributed by atoms with E-state index in [0.29, 0.717) is 19.1 Å². The predicted octanol–water partition coefficient (Wildman–Crippen LogP) is 1.90. The number of nitrogens with one attached hydrogen (secondary N) is 1. The monoisotopic (exact) mass is 359 g/mol. The van der Waals surface area contributed by atoms with Crippen LogP contribution in [0.5, 0.6) is 0 Å². The molecule has 132 valence electrons. The van der Waals surface area contributed by atoms with Crippen LogP contribution in [0.4, 0.5) is 5.13 Å². The van der Waals surface area contributed by atoms with Gasteiger partial charge in [0.05, 0.1) is 24.9 Å². The van der Waals surface area contributed by atoms with Crippen LogP contribution in [-0.4, -0.2) is 39.2 Å². The first-order valence-electron chi connectivity index (χ1n) is 9.07. The standard InChI is InChI=1S/C17H21N5O2S/c23-15-7-11-3-1-2-4-12(11)21-22(15)14-9-24-8-13(14)18-17-20-19-16(25-17)10-5-6-10/h7,10,13-14H,1-6,8-9H2,(H,18,20). The molecule has 1 saturated carbocycles. The van der Waals surface area contributed by atoms with Crippen molar-refractivity contribution in [3.63, 3.8) is 0 Å². The van der Waals surface area contributed by atoms with Crippen LogP contribution in [0.25, 0.3) is 0 Å². The zero-order valence-corrected chi connectivity index (χ0v) is 14.8. The molecule has 0 radical (unpaired) electrons. The molecule has 7 nitrogen and oxygen atoms in total. The number of hydrogen-bond acceptors (Lipinski definition) is 7. The number of hydrogen-bond donors (Lipinski definition) is 1. The van der Waals surface area contributed by atoms with E-state index in [1.54, 1.807) is 22.1 Å².